The highest BCUT2D eigenvalue weighted by molar-refractivity contribution is 7.81. The molecule has 152 valence electrons. The number of methoxy groups -OCH3 is 1. The third kappa shape index (κ3) is 4.87. The smallest absolute Gasteiger partial charge is 0.328 e. The summed E-state index contributed by atoms with van der Waals surface area (Å²) in [7, 11) is 1.27. The molecule has 2 rings (SSSR count). The van der Waals surface area contributed by atoms with Crippen LogP contribution in [0.5, 0.6) is 0 Å². The Kier molecular flexibility index (Phi) is 7.39. The highest BCUT2D eigenvalue weighted by atomic mass is 35.5. The van der Waals surface area contributed by atoms with E-state index >= 15 is 0 Å². The lowest BCUT2D eigenvalue weighted by Gasteiger charge is -2.29. The molecule has 0 aromatic rings. The number of carbonyl (C=O) groups excluding carboxylic acids is 4. The summed E-state index contributed by atoms with van der Waals surface area (Å²) in [6.45, 7) is 3.90. The van der Waals surface area contributed by atoms with Gasteiger partial charge in [0.05, 0.1) is 7.11 Å². The van der Waals surface area contributed by atoms with E-state index in [0.29, 0.717) is 32.4 Å². The molecular weight excluding hydrogens is 394 g/mol. The van der Waals surface area contributed by atoms with Crippen molar-refractivity contribution in [3.8, 4) is 0 Å². The highest BCUT2D eigenvalue weighted by Gasteiger charge is 2.42. The molecule has 8 nitrogen and oxygen atoms in total. The number of thiol groups is 1. The van der Waals surface area contributed by atoms with Crippen LogP contribution < -0.4 is 5.32 Å². The van der Waals surface area contributed by atoms with Crippen molar-refractivity contribution >= 4 is 47.9 Å². The van der Waals surface area contributed by atoms with Crippen molar-refractivity contribution in [2.75, 3.05) is 20.2 Å². The summed E-state index contributed by atoms with van der Waals surface area (Å²) < 4.78 is 4.76. The van der Waals surface area contributed by atoms with Gasteiger partial charge in [-0.25, -0.2) is 4.79 Å². The fraction of sp³-hybridized carbons (Fsp3) is 0.765. The molecular formula is C17H26ClN3O5S. The average Bonchev–Trinajstić information content (AvgIpc) is 3.26. The molecule has 2 aliphatic rings. The number of ether oxygens (including phenoxy) is 1. The van der Waals surface area contributed by atoms with Crippen LogP contribution in [-0.2, 0) is 23.9 Å². The molecule has 0 bridgehead atoms. The van der Waals surface area contributed by atoms with E-state index in [9.17, 15) is 19.2 Å². The van der Waals surface area contributed by atoms with Gasteiger partial charge in [-0.05, 0) is 33.1 Å². The Balaban J connectivity index is 2.02. The van der Waals surface area contributed by atoms with Gasteiger partial charge in [0, 0.05) is 18.3 Å². The van der Waals surface area contributed by atoms with E-state index < -0.39 is 35.4 Å². The minimum Gasteiger partial charge on any atom is -0.467 e. The number of carbonyl (C=O) groups is 4. The van der Waals surface area contributed by atoms with Crippen molar-refractivity contribution in [1.82, 2.24) is 15.1 Å². The number of amides is 3. The Morgan fingerprint density at radius 2 is 1.81 bits per heavy atom. The van der Waals surface area contributed by atoms with Crippen molar-refractivity contribution in [3.05, 3.63) is 0 Å². The maximum atomic E-state index is 12.8. The monoisotopic (exact) mass is 419 g/mol. The fourth-order valence-corrected chi connectivity index (χ4v) is 4.07. The number of nitrogens with zero attached hydrogens (tertiary/aromatic N) is 2. The van der Waals surface area contributed by atoms with Gasteiger partial charge in [0.25, 0.3) is 0 Å². The molecule has 0 saturated carbocycles. The van der Waals surface area contributed by atoms with Crippen LogP contribution in [-0.4, -0.2) is 82.4 Å². The highest BCUT2D eigenvalue weighted by Crippen LogP contribution is 2.24. The fourth-order valence-electron chi connectivity index (χ4n) is 3.57. The number of halogens is 1. The Labute approximate surface area is 169 Å². The van der Waals surface area contributed by atoms with Gasteiger partial charge in [0.1, 0.15) is 23.5 Å². The first kappa shape index (κ1) is 21.8. The third-order valence-electron chi connectivity index (χ3n) is 4.94. The molecule has 0 unspecified atom stereocenters. The zero-order valence-electron chi connectivity index (χ0n) is 15.7. The lowest BCUT2D eigenvalue weighted by Crippen LogP contribution is -2.55. The zero-order chi connectivity index (χ0) is 20.3. The molecule has 0 aromatic carbocycles. The summed E-state index contributed by atoms with van der Waals surface area (Å²) in [4.78, 5) is 52.3. The molecule has 2 heterocycles. The summed E-state index contributed by atoms with van der Waals surface area (Å²) >= 11 is 10.2. The summed E-state index contributed by atoms with van der Waals surface area (Å²) in [5.74, 6) is -1.56. The van der Waals surface area contributed by atoms with Crippen LogP contribution in [0.15, 0.2) is 0 Å². The lowest BCUT2D eigenvalue weighted by molar-refractivity contribution is -0.152. The van der Waals surface area contributed by atoms with Crippen LogP contribution in [0.25, 0.3) is 0 Å². The van der Waals surface area contributed by atoms with Crippen molar-refractivity contribution < 1.29 is 23.9 Å². The van der Waals surface area contributed by atoms with Crippen molar-refractivity contribution in [2.24, 2.45) is 0 Å². The van der Waals surface area contributed by atoms with Crippen molar-refractivity contribution in [1.29, 1.82) is 0 Å². The number of nitrogens with one attached hydrogen (secondary N) is 1. The van der Waals surface area contributed by atoms with Crippen molar-refractivity contribution in [3.63, 3.8) is 0 Å². The Morgan fingerprint density at radius 1 is 1.15 bits per heavy atom. The molecule has 2 fully saturated rings. The molecule has 10 heteroatoms. The van der Waals surface area contributed by atoms with Gasteiger partial charge < -0.3 is 19.9 Å². The van der Waals surface area contributed by atoms with E-state index in [1.54, 1.807) is 13.8 Å². The lowest BCUT2D eigenvalue weighted by atomic mass is 10.1. The first-order chi connectivity index (χ1) is 12.7. The van der Waals surface area contributed by atoms with Gasteiger partial charge in [-0.1, -0.05) is 0 Å². The molecule has 0 aromatic heterocycles. The average molecular weight is 420 g/mol. The summed E-state index contributed by atoms with van der Waals surface area (Å²) in [6.07, 6.45) is 1.63. The van der Waals surface area contributed by atoms with Crippen LogP contribution >= 0.6 is 24.2 Å². The zero-order valence-corrected chi connectivity index (χ0v) is 17.3. The van der Waals surface area contributed by atoms with Crippen molar-refractivity contribution in [2.45, 2.75) is 61.9 Å². The first-order valence-electron chi connectivity index (χ1n) is 8.98. The summed E-state index contributed by atoms with van der Waals surface area (Å²) in [5.41, 5.74) is 0. The molecule has 3 amide bonds. The maximum absolute atomic E-state index is 12.8. The van der Waals surface area contributed by atoms with Crippen LogP contribution in [0.4, 0.5) is 0 Å². The van der Waals surface area contributed by atoms with Gasteiger partial charge in [-0.3, -0.25) is 14.4 Å². The Morgan fingerprint density at radius 3 is 2.41 bits per heavy atom. The quantitative estimate of drug-likeness (QED) is 0.376. The normalized spacial score (nSPS) is 27.2. The number of likely N-dealkylation sites (tertiary alicyclic amines) is 2. The number of hydrogen-bond acceptors (Lipinski definition) is 6. The van der Waals surface area contributed by atoms with Gasteiger partial charge in [-0.2, -0.15) is 12.6 Å². The van der Waals surface area contributed by atoms with E-state index in [0.717, 1.165) is 0 Å². The van der Waals surface area contributed by atoms with E-state index in [1.807, 2.05) is 0 Å². The van der Waals surface area contributed by atoms with Crippen LogP contribution in [0.3, 0.4) is 0 Å². The summed E-state index contributed by atoms with van der Waals surface area (Å²) in [6, 6.07) is -2.18. The van der Waals surface area contributed by atoms with Gasteiger partial charge in [0.15, 0.2) is 0 Å². The largest absolute Gasteiger partial charge is 0.467 e. The third-order valence-corrected chi connectivity index (χ3v) is 5.50. The van der Waals surface area contributed by atoms with Crippen LogP contribution in [0.2, 0.25) is 0 Å². The van der Waals surface area contributed by atoms with Crippen LogP contribution in [0, 0.1) is 0 Å². The second-order valence-electron chi connectivity index (χ2n) is 6.96. The SMILES string of the molecule is COC(=O)[C@@H]1C[C@H](S)CN1C(=O)[C@@H](C)NC(=O)[C@@H]1CCCN1C(=O)[C@H](C)Cl. The number of esters is 1. The number of rotatable bonds is 5. The van der Waals surface area contributed by atoms with Crippen LogP contribution in [0.1, 0.15) is 33.1 Å². The van der Waals surface area contributed by atoms with E-state index in [2.05, 4.69) is 17.9 Å². The molecule has 27 heavy (non-hydrogen) atoms. The molecule has 0 spiro atoms. The maximum Gasteiger partial charge on any atom is 0.328 e. The molecule has 0 radical (unpaired) electrons. The first-order valence-corrected chi connectivity index (χ1v) is 9.94. The van der Waals surface area contributed by atoms with E-state index in [4.69, 9.17) is 16.3 Å². The minimum atomic E-state index is -0.839. The predicted molar refractivity (Wildman–Crippen MR) is 103 cm³/mol. The molecule has 5 atom stereocenters. The molecule has 2 saturated heterocycles. The van der Waals surface area contributed by atoms with Gasteiger partial charge in [0.2, 0.25) is 17.7 Å². The van der Waals surface area contributed by atoms with E-state index in [1.165, 1.54) is 16.9 Å². The number of alkyl halides is 1. The number of hydrogen-bond donors (Lipinski definition) is 2. The second-order valence-corrected chi connectivity index (χ2v) is 8.34. The summed E-state index contributed by atoms with van der Waals surface area (Å²) in [5, 5.41) is 1.83. The Hall–Kier alpha value is -1.48. The Bertz CT molecular complexity index is 617. The molecule has 1 N–H and O–H groups in total. The second kappa shape index (κ2) is 9.14. The standard InChI is InChI=1S/C17H26ClN3O5S/c1-9(18)15(23)20-6-4-5-12(20)14(22)19-10(2)16(24)21-8-11(27)7-13(21)17(25)26-3/h9-13,27H,4-8H2,1-3H3,(H,19,22)/t9-,10+,11-,12-,13-/m0/s1. The van der Waals surface area contributed by atoms with Gasteiger partial charge in [-0.15, -0.1) is 11.6 Å². The van der Waals surface area contributed by atoms with Gasteiger partial charge >= 0.3 is 5.97 Å². The van der Waals surface area contributed by atoms with E-state index in [-0.39, 0.29) is 17.1 Å². The topological polar surface area (TPSA) is 96.0 Å². The minimum absolute atomic E-state index is 0.130. The molecule has 0 aliphatic carbocycles. The predicted octanol–water partition coefficient (Wildman–Crippen LogP) is 0.182. The molecule has 2 aliphatic heterocycles.